The Balaban J connectivity index is 1.83. The zero-order valence-electron chi connectivity index (χ0n) is 14.6. The minimum Gasteiger partial charge on any atom is -0.378 e. The number of rotatable bonds is 2. The minimum atomic E-state index is 0.0949. The van der Waals surface area contributed by atoms with E-state index < -0.39 is 0 Å². The number of benzene rings is 2. The fourth-order valence-corrected chi connectivity index (χ4v) is 4.01. The van der Waals surface area contributed by atoms with Crippen molar-refractivity contribution >= 4 is 21.6 Å². The summed E-state index contributed by atoms with van der Waals surface area (Å²) in [5, 5.41) is 21.4. The van der Waals surface area contributed by atoms with Gasteiger partial charge in [0.1, 0.15) is 0 Å². The van der Waals surface area contributed by atoms with Crippen molar-refractivity contribution in [3.05, 3.63) is 63.8 Å². The molecular weight excluding hydrogens is 390 g/mol. The van der Waals surface area contributed by atoms with Crippen molar-refractivity contribution in [3.63, 3.8) is 0 Å². The van der Waals surface area contributed by atoms with E-state index in [1.165, 1.54) is 5.56 Å². The zero-order chi connectivity index (χ0) is 18.3. The third-order valence-electron chi connectivity index (χ3n) is 4.85. The molecule has 3 aromatic rings. The van der Waals surface area contributed by atoms with E-state index in [-0.39, 0.29) is 12.0 Å². The Morgan fingerprint density at radius 3 is 2.92 bits per heavy atom. The van der Waals surface area contributed by atoms with Gasteiger partial charge in [0.15, 0.2) is 0 Å². The van der Waals surface area contributed by atoms with Crippen molar-refractivity contribution in [1.82, 2.24) is 15.0 Å². The maximum Gasteiger partial charge on any atom is 0.0992 e. The quantitative estimate of drug-likeness (QED) is 0.668. The Bertz CT molecular complexity index is 1020. The second kappa shape index (κ2) is 6.58. The highest BCUT2D eigenvalue weighted by molar-refractivity contribution is 9.10. The molecule has 0 saturated heterocycles. The fourth-order valence-electron chi connectivity index (χ4n) is 3.63. The van der Waals surface area contributed by atoms with Gasteiger partial charge >= 0.3 is 0 Å². The van der Waals surface area contributed by atoms with E-state index in [0.717, 1.165) is 33.7 Å². The van der Waals surface area contributed by atoms with Crippen LogP contribution in [0.15, 0.2) is 46.9 Å². The molecule has 1 unspecified atom stereocenters. The van der Waals surface area contributed by atoms with Crippen LogP contribution in [0, 0.1) is 24.2 Å². The maximum atomic E-state index is 9.18. The van der Waals surface area contributed by atoms with Crippen LogP contribution in [-0.2, 0) is 6.54 Å². The first-order chi connectivity index (χ1) is 12.6. The number of nitrogens with zero attached hydrogens (tertiary/aromatic N) is 4. The van der Waals surface area contributed by atoms with Crippen LogP contribution in [-0.4, -0.2) is 15.0 Å². The molecule has 0 amide bonds. The van der Waals surface area contributed by atoms with Crippen LogP contribution in [0.5, 0.6) is 0 Å². The lowest BCUT2D eigenvalue weighted by Crippen LogP contribution is -2.21. The number of aromatic nitrogens is 3. The number of fused-ring (bicyclic) bond motifs is 3. The van der Waals surface area contributed by atoms with Crippen molar-refractivity contribution in [2.24, 2.45) is 5.92 Å². The first-order valence-corrected chi connectivity index (χ1v) is 9.32. The molecule has 0 radical (unpaired) electrons. The summed E-state index contributed by atoms with van der Waals surface area (Å²) in [4.78, 5) is 0. The normalized spacial score (nSPS) is 18.4. The van der Waals surface area contributed by atoms with Gasteiger partial charge in [-0.3, -0.25) is 0 Å². The molecule has 1 aromatic heterocycles. The van der Waals surface area contributed by atoms with Crippen molar-refractivity contribution in [2.45, 2.75) is 26.4 Å². The molecule has 0 spiro atoms. The van der Waals surface area contributed by atoms with Gasteiger partial charge in [-0.05, 0) is 42.8 Å². The summed E-state index contributed by atoms with van der Waals surface area (Å²) >= 11 is 3.61. The van der Waals surface area contributed by atoms with Gasteiger partial charge in [0.05, 0.1) is 29.1 Å². The largest absolute Gasteiger partial charge is 0.378 e. The average molecular weight is 408 g/mol. The van der Waals surface area contributed by atoms with Crippen LogP contribution >= 0.6 is 15.9 Å². The van der Waals surface area contributed by atoms with Gasteiger partial charge in [-0.25, -0.2) is 4.68 Å². The van der Waals surface area contributed by atoms with Crippen molar-refractivity contribution in [2.75, 3.05) is 5.32 Å². The Morgan fingerprint density at radius 2 is 2.12 bits per heavy atom. The number of nitriles is 1. The van der Waals surface area contributed by atoms with E-state index in [0.29, 0.717) is 5.56 Å². The smallest absolute Gasteiger partial charge is 0.0992 e. The molecule has 0 aliphatic carbocycles. The van der Waals surface area contributed by atoms with E-state index in [1.54, 1.807) is 0 Å². The van der Waals surface area contributed by atoms with Crippen LogP contribution < -0.4 is 5.32 Å². The first kappa shape index (κ1) is 16.8. The lowest BCUT2D eigenvalue weighted by Gasteiger charge is -2.26. The third kappa shape index (κ3) is 2.89. The molecular formula is C20H18BrN5. The number of nitrogens with one attached hydrogen (secondary N) is 1. The highest BCUT2D eigenvalue weighted by Gasteiger charge is 2.30. The van der Waals surface area contributed by atoms with Crippen molar-refractivity contribution in [3.8, 4) is 17.3 Å². The Hall–Kier alpha value is -2.65. The Morgan fingerprint density at radius 1 is 1.27 bits per heavy atom. The number of halogens is 1. The molecule has 130 valence electrons. The molecule has 4 rings (SSSR count). The second-order valence-electron chi connectivity index (χ2n) is 6.73. The standard InChI is InChI=1S/C20H18BrN5/c1-12-11-26-20(13(2)24-25-26)17-7-6-15(21)9-18(17)19(12)23-16-5-3-4-14(8-16)10-22/h3-9,12,19,23H,11H2,1-2H3/t12-,19?/m1/s1. The van der Waals surface area contributed by atoms with Crippen LogP contribution in [0.4, 0.5) is 5.69 Å². The molecule has 5 nitrogen and oxygen atoms in total. The van der Waals surface area contributed by atoms with Gasteiger partial charge in [0.2, 0.25) is 0 Å². The van der Waals surface area contributed by atoms with E-state index in [2.05, 4.69) is 62.8 Å². The van der Waals surface area contributed by atoms with E-state index in [1.807, 2.05) is 35.9 Å². The van der Waals surface area contributed by atoms with E-state index in [9.17, 15) is 5.26 Å². The number of aryl methyl sites for hydroxylation is 1. The molecule has 26 heavy (non-hydrogen) atoms. The number of anilines is 1. The van der Waals surface area contributed by atoms with E-state index in [4.69, 9.17) is 0 Å². The summed E-state index contributed by atoms with van der Waals surface area (Å²) in [5.41, 5.74) is 5.97. The molecule has 2 aromatic carbocycles. The van der Waals surface area contributed by atoms with Gasteiger partial charge in [0, 0.05) is 28.2 Å². The molecule has 1 aliphatic rings. The fraction of sp³-hybridized carbons (Fsp3) is 0.250. The highest BCUT2D eigenvalue weighted by atomic mass is 79.9. The summed E-state index contributed by atoms with van der Waals surface area (Å²) in [6.07, 6.45) is 0. The molecule has 6 heteroatoms. The topological polar surface area (TPSA) is 66.5 Å². The predicted molar refractivity (Wildman–Crippen MR) is 105 cm³/mol. The van der Waals surface area contributed by atoms with Gasteiger partial charge < -0.3 is 5.32 Å². The molecule has 0 fully saturated rings. The van der Waals surface area contributed by atoms with Crippen LogP contribution in [0.3, 0.4) is 0 Å². The van der Waals surface area contributed by atoms with Gasteiger partial charge in [-0.2, -0.15) is 5.26 Å². The third-order valence-corrected chi connectivity index (χ3v) is 5.34. The monoisotopic (exact) mass is 407 g/mol. The number of hydrogen-bond acceptors (Lipinski definition) is 4. The highest BCUT2D eigenvalue weighted by Crippen LogP contribution is 2.40. The lowest BCUT2D eigenvalue weighted by molar-refractivity contribution is 0.406. The van der Waals surface area contributed by atoms with Crippen LogP contribution in [0.1, 0.15) is 29.8 Å². The maximum absolute atomic E-state index is 9.18. The lowest BCUT2D eigenvalue weighted by atomic mass is 9.91. The molecule has 2 atom stereocenters. The average Bonchev–Trinajstić information content (AvgIpc) is 2.94. The van der Waals surface area contributed by atoms with Crippen LogP contribution in [0.25, 0.3) is 11.3 Å². The van der Waals surface area contributed by atoms with Gasteiger partial charge in [-0.15, -0.1) is 5.10 Å². The molecule has 0 bridgehead atoms. The summed E-state index contributed by atoms with van der Waals surface area (Å²) in [6, 6.07) is 16.3. The zero-order valence-corrected chi connectivity index (χ0v) is 16.2. The number of hydrogen-bond donors (Lipinski definition) is 1. The summed E-state index contributed by atoms with van der Waals surface area (Å²) in [5.74, 6) is 0.288. The van der Waals surface area contributed by atoms with E-state index >= 15 is 0 Å². The molecule has 0 saturated carbocycles. The van der Waals surface area contributed by atoms with Crippen LogP contribution in [0.2, 0.25) is 0 Å². The van der Waals surface area contributed by atoms with Gasteiger partial charge in [-0.1, -0.05) is 40.2 Å². The minimum absolute atomic E-state index is 0.0949. The Labute approximate surface area is 160 Å². The summed E-state index contributed by atoms with van der Waals surface area (Å²) in [6.45, 7) is 4.99. The van der Waals surface area contributed by atoms with Crippen molar-refractivity contribution < 1.29 is 0 Å². The van der Waals surface area contributed by atoms with Crippen molar-refractivity contribution in [1.29, 1.82) is 5.26 Å². The molecule has 1 N–H and O–H groups in total. The summed E-state index contributed by atoms with van der Waals surface area (Å²) < 4.78 is 3.04. The summed E-state index contributed by atoms with van der Waals surface area (Å²) in [7, 11) is 0. The predicted octanol–water partition coefficient (Wildman–Crippen LogP) is 4.69. The van der Waals surface area contributed by atoms with Gasteiger partial charge in [0.25, 0.3) is 0 Å². The SMILES string of the molecule is Cc1nnn2c1-c1ccc(Br)cc1C(Nc1cccc(C#N)c1)[C@H](C)C2. The molecule has 1 aliphatic heterocycles. The second-order valence-corrected chi connectivity index (χ2v) is 7.64. The first-order valence-electron chi connectivity index (χ1n) is 8.53. The molecule has 2 heterocycles. The Kier molecular flexibility index (Phi) is 4.25.